The zero-order valence-electron chi connectivity index (χ0n) is 27.2. The smallest absolute Gasteiger partial charge is 0.429 e. The molecule has 2 aliphatic rings. The van der Waals surface area contributed by atoms with Crippen molar-refractivity contribution in [2.24, 2.45) is 0 Å². The number of carbonyl (C=O) groups is 3. The van der Waals surface area contributed by atoms with Crippen LogP contribution in [0, 0.1) is 6.92 Å². The number of carbonyl (C=O) groups excluding carboxylic acids is 3. The van der Waals surface area contributed by atoms with Crippen LogP contribution in [0.1, 0.15) is 42.6 Å². The number of nitrogens with zero attached hydrogens (tertiary/aromatic N) is 4. The zero-order chi connectivity index (χ0) is 34.7. The number of amides is 4. The molecule has 0 spiro atoms. The van der Waals surface area contributed by atoms with Gasteiger partial charge in [-0.05, 0) is 62.2 Å². The lowest BCUT2D eigenvalue weighted by molar-refractivity contribution is -0.0715. The van der Waals surface area contributed by atoms with Gasteiger partial charge in [0.05, 0.1) is 29.5 Å². The molecule has 2 aliphatic heterocycles. The molecule has 252 valence electrons. The molecule has 4 amide bonds. The number of aryl methyl sites for hydroxylation is 1. The Balaban J connectivity index is 1.71. The molecule has 0 aromatic heterocycles. The van der Waals surface area contributed by atoms with Crippen molar-refractivity contribution in [1.29, 1.82) is 0 Å². The lowest BCUT2D eigenvalue weighted by Crippen LogP contribution is -2.68. The molecule has 11 nitrogen and oxygen atoms in total. The Labute approximate surface area is 285 Å². The number of hydrogen-bond donors (Lipinski definition) is 0. The summed E-state index contributed by atoms with van der Waals surface area (Å²) in [6.07, 6.45) is -0.0748. The van der Waals surface area contributed by atoms with E-state index in [0.29, 0.717) is 16.8 Å². The maximum absolute atomic E-state index is 15.0. The number of sulfonamides is 1. The molecule has 0 radical (unpaired) electrons. The van der Waals surface area contributed by atoms with E-state index in [1.807, 2.05) is 13.0 Å². The first-order valence-electron chi connectivity index (χ1n) is 15.9. The Morgan fingerprint density at radius 2 is 1.18 bits per heavy atom. The highest BCUT2D eigenvalue weighted by atomic mass is 32.2. The van der Waals surface area contributed by atoms with E-state index in [9.17, 15) is 18.0 Å². The molecule has 6 rings (SSSR count). The van der Waals surface area contributed by atoms with E-state index in [1.54, 1.807) is 117 Å². The van der Waals surface area contributed by atoms with Gasteiger partial charge >= 0.3 is 18.2 Å². The van der Waals surface area contributed by atoms with Gasteiger partial charge in [-0.2, -0.15) is 0 Å². The van der Waals surface area contributed by atoms with Crippen LogP contribution in [-0.2, 0) is 19.5 Å². The van der Waals surface area contributed by atoms with Crippen molar-refractivity contribution < 1.29 is 32.3 Å². The lowest BCUT2D eigenvalue weighted by atomic mass is 9.89. The molecular weight excluding hydrogens is 644 g/mol. The third-order valence-corrected chi connectivity index (χ3v) is 10.1. The predicted molar refractivity (Wildman–Crippen MR) is 182 cm³/mol. The average molecular weight is 681 g/mol. The number of ether oxygens (including phenoxy) is 2. The number of fused-ring (bicyclic) bond motifs is 1. The topological polar surface area (TPSA) is 117 Å². The normalized spacial score (nSPS) is 19.2. The highest BCUT2D eigenvalue weighted by Gasteiger charge is 2.58. The number of urea groups is 1. The Hall–Kier alpha value is -5.62. The number of anilines is 1. The third-order valence-electron chi connectivity index (χ3n) is 8.36. The largest absolute Gasteiger partial charge is 0.448 e. The minimum Gasteiger partial charge on any atom is -0.448 e. The molecule has 2 heterocycles. The minimum absolute atomic E-state index is 0.000581. The van der Waals surface area contributed by atoms with Crippen LogP contribution in [0.25, 0.3) is 0 Å². The second-order valence-electron chi connectivity index (χ2n) is 11.4. The van der Waals surface area contributed by atoms with Gasteiger partial charge in [0.1, 0.15) is 18.1 Å². The molecule has 0 unspecified atom stereocenters. The summed E-state index contributed by atoms with van der Waals surface area (Å²) in [6.45, 7) is 5.06. The molecule has 0 bridgehead atoms. The first-order valence-corrected chi connectivity index (χ1v) is 17.4. The van der Waals surface area contributed by atoms with Crippen LogP contribution in [0.3, 0.4) is 0 Å². The fourth-order valence-corrected chi connectivity index (χ4v) is 7.76. The standard InChI is InChI=1S/C37H36N4O7S/c1-4-47-36(43)39-31(27-15-9-6-10-16-27)25-32-34(40(39)37(44)48-5-2)33(28-17-11-7-12-18-28)41(35(42)38(32)29-19-13-8-14-20-29)49(45,46)30-23-21-26(3)22-24-30/h6-25,31,33-34H,4-5H2,1-3H3/t31-,33-,34+/m1/s1. The highest BCUT2D eigenvalue weighted by Crippen LogP contribution is 2.48. The van der Waals surface area contributed by atoms with Crippen molar-refractivity contribution in [1.82, 2.24) is 14.3 Å². The van der Waals surface area contributed by atoms with E-state index < -0.39 is 46.4 Å². The fourth-order valence-electron chi connectivity index (χ4n) is 6.23. The first kappa shape index (κ1) is 33.3. The Kier molecular flexibility index (Phi) is 9.41. The Bertz CT molecular complexity index is 1960. The second-order valence-corrected chi connectivity index (χ2v) is 13.2. The van der Waals surface area contributed by atoms with Gasteiger partial charge < -0.3 is 9.47 Å². The van der Waals surface area contributed by atoms with Crippen molar-refractivity contribution in [2.75, 3.05) is 18.1 Å². The van der Waals surface area contributed by atoms with Gasteiger partial charge in [0.2, 0.25) is 0 Å². The van der Waals surface area contributed by atoms with E-state index in [0.717, 1.165) is 19.9 Å². The van der Waals surface area contributed by atoms with Crippen molar-refractivity contribution in [3.05, 3.63) is 144 Å². The van der Waals surface area contributed by atoms with Gasteiger partial charge in [-0.15, -0.1) is 0 Å². The number of benzene rings is 4. The molecule has 3 atom stereocenters. The van der Waals surface area contributed by atoms with Crippen LogP contribution in [0.4, 0.5) is 20.1 Å². The molecule has 4 aromatic rings. The molecule has 0 N–H and O–H groups in total. The van der Waals surface area contributed by atoms with Gasteiger partial charge in [-0.1, -0.05) is 96.6 Å². The first-order chi connectivity index (χ1) is 23.7. The summed E-state index contributed by atoms with van der Waals surface area (Å²) in [5.74, 6) is 0. The van der Waals surface area contributed by atoms with Crippen LogP contribution in [0.15, 0.2) is 132 Å². The van der Waals surface area contributed by atoms with E-state index >= 15 is 4.79 Å². The molecule has 12 heteroatoms. The fraction of sp³-hybridized carbons (Fsp3) is 0.216. The highest BCUT2D eigenvalue weighted by molar-refractivity contribution is 7.89. The molecular formula is C37H36N4O7S. The third kappa shape index (κ3) is 6.11. The molecule has 4 aromatic carbocycles. The zero-order valence-corrected chi connectivity index (χ0v) is 28.1. The molecule has 0 saturated carbocycles. The van der Waals surface area contributed by atoms with Crippen LogP contribution in [0.2, 0.25) is 0 Å². The number of hydrazine groups is 1. The summed E-state index contributed by atoms with van der Waals surface area (Å²) >= 11 is 0. The van der Waals surface area contributed by atoms with E-state index in [-0.39, 0.29) is 23.8 Å². The molecule has 1 saturated heterocycles. The monoisotopic (exact) mass is 680 g/mol. The number of hydrogen-bond acceptors (Lipinski definition) is 7. The van der Waals surface area contributed by atoms with Crippen LogP contribution >= 0.6 is 0 Å². The van der Waals surface area contributed by atoms with Crippen molar-refractivity contribution in [2.45, 2.75) is 43.8 Å². The minimum atomic E-state index is -4.59. The van der Waals surface area contributed by atoms with Crippen molar-refractivity contribution >= 4 is 33.9 Å². The summed E-state index contributed by atoms with van der Waals surface area (Å²) in [7, 11) is -4.59. The molecule has 49 heavy (non-hydrogen) atoms. The van der Waals surface area contributed by atoms with Crippen LogP contribution < -0.4 is 4.90 Å². The van der Waals surface area contributed by atoms with Crippen molar-refractivity contribution in [3.8, 4) is 0 Å². The van der Waals surface area contributed by atoms with Gasteiger partial charge in [-0.25, -0.2) is 37.1 Å². The van der Waals surface area contributed by atoms with Gasteiger partial charge in [-0.3, -0.25) is 4.90 Å². The summed E-state index contributed by atoms with van der Waals surface area (Å²) in [5, 5.41) is 2.25. The second kappa shape index (κ2) is 13.9. The SMILES string of the molecule is CCOC(=O)N1[C@@H](c2ccccc2)C=C2[C@@H]([C@@H](c3ccccc3)N(S(=O)(=O)c3ccc(C)cc3)C(=O)N2c2ccccc2)N1C(=O)OCC. The number of para-hydroxylation sites is 1. The van der Waals surface area contributed by atoms with E-state index in [2.05, 4.69) is 0 Å². The summed E-state index contributed by atoms with van der Waals surface area (Å²) in [5.41, 5.74) is 2.49. The maximum atomic E-state index is 15.0. The number of rotatable bonds is 7. The molecule has 0 aliphatic carbocycles. The Morgan fingerprint density at radius 3 is 1.73 bits per heavy atom. The summed E-state index contributed by atoms with van der Waals surface area (Å²) < 4.78 is 41.4. The van der Waals surface area contributed by atoms with Crippen LogP contribution in [-0.4, -0.2) is 60.2 Å². The quantitative estimate of drug-likeness (QED) is 0.203. The maximum Gasteiger partial charge on any atom is 0.429 e. The van der Waals surface area contributed by atoms with Gasteiger partial charge in [0.15, 0.2) is 0 Å². The van der Waals surface area contributed by atoms with Crippen molar-refractivity contribution in [3.63, 3.8) is 0 Å². The molecule has 1 fully saturated rings. The lowest BCUT2D eigenvalue weighted by Gasteiger charge is -2.54. The van der Waals surface area contributed by atoms with Gasteiger partial charge in [0.25, 0.3) is 10.0 Å². The predicted octanol–water partition coefficient (Wildman–Crippen LogP) is 7.21. The average Bonchev–Trinajstić information content (AvgIpc) is 3.11. The van der Waals surface area contributed by atoms with Gasteiger partial charge in [0, 0.05) is 0 Å². The summed E-state index contributed by atoms with van der Waals surface area (Å²) in [4.78, 5) is 44.4. The van der Waals surface area contributed by atoms with E-state index in [4.69, 9.17) is 9.47 Å². The Morgan fingerprint density at radius 1 is 0.673 bits per heavy atom. The van der Waals surface area contributed by atoms with E-state index in [1.165, 1.54) is 17.0 Å². The summed E-state index contributed by atoms with van der Waals surface area (Å²) in [6, 6.07) is 27.9. The van der Waals surface area contributed by atoms with Crippen LogP contribution in [0.5, 0.6) is 0 Å².